The number of nitrogens with one attached hydrogen (secondary N) is 1. The number of rotatable bonds is 5. The highest BCUT2D eigenvalue weighted by atomic mass is 32.2. The predicted octanol–water partition coefficient (Wildman–Crippen LogP) is 0.874. The molecule has 0 saturated carbocycles. The van der Waals surface area contributed by atoms with Crippen molar-refractivity contribution in [3.8, 4) is 0 Å². The summed E-state index contributed by atoms with van der Waals surface area (Å²) in [5, 5.41) is 3.43. The van der Waals surface area contributed by atoms with Crippen molar-refractivity contribution < 1.29 is 8.42 Å². The zero-order valence-corrected chi connectivity index (χ0v) is 13.7. The summed E-state index contributed by atoms with van der Waals surface area (Å²) in [4.78, 5) is 2.34. The standard InChI is InChI=1S/C14H29N3O2S/c1-13(2)16-8-10-17(11-9-16)20(18,19)12-6-14-5-3-4-7-15-14/h13-15H,3-12H2,1-2H3. The van der Waals surface area contributed by atoms with Crippen molar-refractivity contribution in [2.45, 2.75) is 51.6 Å². The minimum absolute atomic E-state index is 0.298. The lowest BCUT2D eigenvalue weighted by atomic mass is 10.0. The van der Waals surface area contributed by atoms with E-state index in [0.29, 0.717) is 30.9 Å². The van der Waals surface area contributed by atoms with Gasteiger partial charge in [0.15, 0.2) is 0 Å². The Bertz CT molecular complexity index is 383. The average molecular weight is 303 g/mol. The molecule has 0 aromatic carbocycles. The van der Waals surface area contributed by atoms with Crippen molar-refractivity contribution in [1.82, 2.24) is 14.5 Å². The van der Waals surface area contributed by atoms with Gasteiger partial charge in [0.2, 0.25) is 10.0 Å². The van der Waals surface area contributed by atoms with Gasteiger partial charge in [-0.05, 0) is 39.7 Å². The van der Waals surface area contributed by atoms with E-state index in [4.69, 9.17) is 0 Å². The summed E-state index contributed by atoms with van der Waals surface area (Å²) in [6, 6.07) is 0.904. The van der Waals surface area contributed by atoms with Crippen LogP contribution in [0.1, 0.15) is 39.5 Å². The van der Waals surface area contributed by atoms with Crippen LogP contribution in [0, 0.1) is 0 Å². The van der Waals surface area contributed by atoms with Gasteiger partial charge in [-0.3, -0.25) is 4.90 Å². The molecule has 0 bridgehead atoms. The molecular weight excluding hydrogens is 274 g/mol. The molecule has 0 aliphatic carbocycles. The normalized spacial score (nSPS) is 27.1. The molecule has 1 unspecified atom stereocenters. The fraction of sp³-hybridized carbons (Fsp3) is 1.00. The second kappa shape index (κ2) is 7.20. The van der Waals surface area contributed by atoms with Crippen molar-refractivity contribution in [3.05, 3.63) is 0 Å². The van der Waals surface area contributed by atoms with Gasteiger partial charge in [-0.15, -0.1) is 0 Å². The summed E-state index contributed by atoms with van der Waals surface area (Å²) in [7, 11) is -3.07. The third-order valence-corrected chi connectivity index (χ3v) is 6.44. The molecule has 118 valence electrons. The Morgan fingerprint density at radius 2 is 1.85 bits per heavy atom. The van der Waals surface area contributed by atoms with Crippen LogP contribution in [0.25, 0.3) is 0 Å². The van der Waals surface area contributed by atoms with Crippen LogP contribution in [-0.2, 0) is 10.0 Å². The second-order valence-corrected chi connectivity index (χ2v) is 8.37. The van der Waals surface area contributed by atoms with E-state index in [-0.39, 0.29) is 0 Å². The number of piperidine rings is 1. The average Bonchev–Trinajstić information content (AvgIpc) is 2.46. The van der Waals surface area contributed by atoms with E-state index in [1.807, 2.05) is 0 Å². The first kappa shape index (κ1) is 16.2. The van der Waals surface area contributed by atoms with Gasteiger partial charge in [-0.25, -0.2) is 8.42 Å². The lowest BCUT2D eigenvalue weighted by Gasteiger charge is -2.36. The van der Waals surface area contributed by atoms with Gasteiger partial charge >= 0.3 is 0 Å². The Balaban J connectivity index is 1.78. The molecule has 0 spiro atoms. The van der Waals surface area contributed by atoms with Crippen LogP contribution in [0.2, 0.25) is 0 Å². The summed E-state index contributed by atoms with van der Waals surface area (Å²) in [5.41, 5.74) is 0. The molecular formula is C14H29N3O2S. The Hall–Kier alpha value is -0.170. The monoisotopic (exact) mass is 303 g/mol. The highest BCUT2D eigenvalue weighted by Gasteiger charge is 2.28. The minimum Gasteiger partial charge on any atom is -0.314 e. The van der Waals surface area contributed by atoms with E-state index >= 15 is 0 Å². The molecule has 6 heteroatoms. The van der Waals surface area contributed by atoms with E-state index in [1.54, 1.807) is 4.31 Å². The Kier molecular flexibility index (Phi) is 5.84. The number of hydrogen-bond acceptors (Lipinski definition) is 4. The third-order valence-electron chi connectivity index (χ3n) is 4.53. The van der Waals surface area contributed by atoms with Gasteiger partial charge < -0.3 is 5.32 Å². The summed E-state index contributed by atoms with van der Waals surface area (Å²) in [6.45, 7) is 8.39. The summed E-state index contributed by atoms with van der Waals surface area (Å²) >= 11 is 0. The van der Waals surface area contributed by atoms with Gasteiger partial charge in [0, 0.05) is 38.3 Å². The first-order chi connectivity index (χ1) is 9.49. The maximum atomic E-state index is 12.4. The number of nitrogens with zero attached hydrogens (tertiary/aromatic N) is 2. The Labute approximate surface area is 123 Å². The summed E-state index contributed by atoms with van der Waals surface area (Å²) < 4.78 is 26.5. The van der Waals surface area contributed by atoms with E-state index in [9.17, 15) is 8.42 Å². The van der Waals surface area contributed by atoms with E-state index < -0.39 is 10.0 Å². The molecule has 2 heterocycles. The zero-order valence-electron chi connectivity index (χ0n) is 12.8. The highest BCUT2D eigenvalue weighted by molar-refractivity contribution is 7.89. The van der Waals surface area contributed by atoms with Crippen molar-refractivity contribution in [2.24, 2.45) is 0 Å². The molecule has 0 amide bonds. The number of sulfonamides is 1. The molecule has 0 aromatic heterocycles. The molecule has 5 nitrogen and oxygen atoms in total. The smallest absolute Gasteiger partial charge is 0.214 e. The molecule has 2 fully saturated rings. The minimum atomic E-state index is -3.07. The van der Waals surface area contributed by atoms with Crippen LogP contribution in [0.15, 0.2) is 0 Å². The van der Waals surface area contributed by atoms with Crippen LogP contribution >= 0.6 is 0 Å². The maximum Gasteiger partial charge on any atom is 0.214 e. The van der Waals surface area contributed by atoms with Gasteiger partial charge in [-0.1, -0.05) is 6.42 Å². The molecule has 2 saturated heterocycles. The number of piperazine rings is 1. The first-order valence-corrected chi connectivity index (χ1v) is 9.55. The maximum absolute atomic E-state index is 12.4. The first-order valence-electron chi connectivity index (χ1n) is 7.94. The Morgan fingerprint density at radius 1 is 1.15 bits per heavy atom. The summed E-state index contributed by atoms with van der Waals surface area (Å²) in [6.07, 6.45) is 4.33. The van der Waals surface area contributed by atoms with Crippen molar-refractivity contribution in [1.29, 1.82) is 0 Å². The van der Waals surface area contributed by atoms with Crippen LogP contribution < -0.4 is 5.32 Å². The van der Waals surface area contributed by atoms with Gasteiger partial charge in [0.25, 0.3) is 0 Å². The van der Waals surface area contributed by atoms with Gasteiger partial charge in [0.05, 0.1) is 5.75 Å². The molecule has 1 N–H and O–H groups in total. The van der Waals surface area contributed by atoms with Crippen LogP contribution in [0.4, 0.5) is 0 Å². The van der Waals surface area contributed by atoms with E-state index in [1.165, 1.54) is 12.8 Å². The molecule has 1 atom stereocenters. The van der Waals surface area contributed by atoms with E-state index in [2.05, 4.69) is 24.1 Å². The third kappa shape index (κ3) is 4.41. The molecule has 0 radical (unpaired) electrons. The van der Waals surface area contributed by atoms with Crippen molar-refractivity contribution >= 4 is 10.0 Å². The lowest BCUT2D eigenvalue weighted by Crippen LogP contribution is -2.51. The molecule has 2 aliphatic rings. The predicted molar refractivity (Wildman–Crippen MR) is 82.3 cm³/mol. The topological polar surface area (TPSA) is 52.7 Å². The molecule has 2 rings (SSSR count). The zero-order chi connectivity index (χ0) is 14.6. The van der Waals surface area contributed by atoms with Crippen LogP contribution in [0.3, 0.4) is 0 Å². The van der Waals surface area contributed by atoms with E-state index in [0.717, 1.165) is 32.5 Å². The fourth-order valence-electron chi connectivity index (χ4n) is 3.09. The highest BCUT2D eigenvalue weighted by Crippen LogP contribution is 2.15. The largest absolute Gasteiger partial charge is 0.314 e. The quantitative estimate of drug-likeness (QED) is 0.819. The van der Waals surface area contributed by atoms with Crippen LogP contribution in [0.5, 0.6) is 0 Å². The SMILES string of the molecule is CC(C)N1CCN(S(=O)(=O)CCC2CCCCN2)CC1. The number of hydrogen-bond donors (Lipinski definition) is 1. The second-order valence-electron chi connectivity index (χ2n) is 6.28. The lowest BCUT2D eigenvalue weighted by molar-refractivity contribution is 0.154. The molecule has 2 aliphatic heterocycles. The summed E-state index contributed by atoms with van der Waals surface area (Å²) in [5.74, 6) is 0.298. The van der Waals surface area contributed by atoms with Gasteiger partial charge in [-0.2, -0.15) is 4.31 Å². The molecule has 0 aromatic rings. The molecule has 20 heavy (non-hydrogen) atoms. The fourth-order valence-corrected chi connectivity index (χ4v) is 4.65. The Morgan fingerprint density at radius 3 is 2.40 bits per heavy atom. The van der Waals surface area contributed by atoms with Crippen molar-refractivity contribution in [2.75, 3.05) is 38.5 Å². The van der Waals surface area contributed by atoms with Crippen LogP contribution in [-0.4, -0.2) is 68.2 Å². The van der Waals surface area contributed by atoms with Gasteiger partial charge in [0.1, 0.15) is 0 Å². The van der Waals surface area contributed by atoms with Crippen molar-refractivity contribution in [3.63, 3.8) is 0 Å².